The zero-order valence-corrected chi connectivity index (χ0v) is 16.2. The Morgan fingerprint density at radius 2 is 2.00 bits per heavy atom. The van der Waals surface area contributed by atoms with E-state index in [1.54, 1.807) is 23.6 Å². The molecular formula is C17H24Cl2N2OS. The fourth-order valence-corrected chi connectivity index (χ4v) is 2.83. The molecule has 6 heteroatoms. The molecule has 0 N–H and O–H groups in total. The summed E-state index contributed by atoms with van der Waals surface area (Å²) in [6.45, 7) is 8.29. The fourth-order valence-electron chi connectivity index (χ4n) is 1.80. The molecule has 0 radical (unpaired) electrons. The summed E-state index contributed by atoms with van der Waals surface area (Å²) in [6, 6.07) is 3.70. The second-order valence-electron chi connectivity index (χ2n) is 5.23. The Morgan fingerprint density at radius 3 is 2.30 bits per heavy atom. The molecule has 0 bridgehead atoms. The van der Waals surface area contributed by atoms with Crippen molar-refractivity contribution in [3.63, 3.8) is 0 Å². The lowest BCUT2D eigenvalue weighted by Gasteiger charge is -1.97. The summed E-state index contributed by atoms with van der Waals surface area (Å²) in [5.41, 5.74) is 1.13. The lowest BCUT2D eigenvalue weighted by atomic mass is 10.1. The Balaban J connectivity index is 0.000000173. The van der Waals surface area contributed by atoms with Crippen LogP contribution in [0.3, 0.4) is 0 Å². The lowest BCUT2D eigenvalue weighted by molar-refractivity contribution is 0.185. The van der Waals surface area contributed by atoms with Crippen molar-refractivity contribution in [3.8, 4) is 0 Å². The zero-order chi connectivity index (χ0) is 17.1. The Hall–Kier alpha value is -0.680. The van der Waals surface area contributed by atoms with Gasteiger partial charge >= 0.3 is 0 Å². The fraction of sp³-hybridized carbons (Fsp3) is 0.529. The first-order chi connectivity index (χ1) is 11.0. The number of hydrogen-bond acceptors (Lipinski definition) is 4. The first kappa shape index (κ1) is 20.4. The first-order valence-corrected chi connectivity index (χ1v) is 9.38. The third-order valence-electron chi connectivity index (χ3n) is 3.35. The van der Waals surface area contributed by atoms with Crippen LogP contribution in [0.25, 0.3) is 0 Å². The van der Waals surface area contributed by atoms with Crippen molar-refractivity contribution in [2.75, 3.05) is 13.2 Å². The van der Waals surface area contributed by atoms with Crippen molar-refractivity contribution in [1.29, 1.82) is 0 Å². The molecule has 1 atom stereocenters. The second kappa shape index (κ2) is 11.8. The largest absolute Gasteiger partial charge is 0.381 e. The van der Waals surface area contributed by atoms with E-state index in [4.69, 9.17) is 27.9 Å². The molecule has 1 saturated heterocycles. The van der Waals surface area contributed by atoms with Crippen molar-refractivity contribution >= 4 is 34.5 Å². The van der Waals surface area contributed by atoms with Crippen molar-refractivity contribution in [2.24, 2.45) is 5.92 Å². The van der Waals surface area contributed by atoms with Gasteiger partial charge in [-0.15, -0.1) is 11.3 Å². The van der Waals surface area contributed by atoms with Gasteiger partial charge in [-0.25, -0.2) is 9.97 Å². The third kappa shape index (κ3) is 9.26. The predicted octanol–water partition coefficient (Wildman–Crippen LogP) is 5.84. The summed E-state index contributed by atoms with van der Waals surface area (Å²) in [4.78, 5) is 8.96. The summed E-state index contributed by atoms with van der Waals surface area (Å²) < 4.78 is 5.79. The molecular weight excluding hydrogens is 351 g/mol. The average Bonchev–Trinajstić information content (AvgIpc) is 3.22. The van der Waals surface area contributed by atoms with Gasteiger partial charge in [-0.05, 0) is 37.3 Å². The van der Waals surface area contributed by atoms with Gasteiger partial charge in [0.1, 0.15) is 5.15 Å². The quantitative estimate of drug-likeness (QED) is 0.619. The van der Waals surface area contributed by atoms with Crippen LogP contribution in [-0.2, 0) is 11.2 Å². The van der Waals surface area contributed by atoms with Gasteiger partial charge in [0.05, 0.1) is 0 Å². The van der Waals surface area contributed by atoms with Crippen LogP contribution in [0.5, 0.6) is 0 Å². The number of aryl methyl sites for hydroxylation is 2. The van der Waals surface area contributed by atoms with Crippen LogP contribution in [0.2, 0.25) is 9.62 Å². The number of aromatic nitrogens is 2. The van der Waals surface area contributed by atoms with Crippen LogP contribution < -0.4 is 0 Å². The molecule has 1 fully saturated rings. The Bertz CT molecular complexity index is 519. The second-order valence-corrected chi connectivity index (χ2v) is 7.31. The highest BCUT2D eigenvalue weighted by atomic mass is 35.5. The number of ether oxygens (including phenoxy) is 1. The minimum absolute atomic E-state index is 0.551. The van der Waals surface area contributed by atoms with E-state index < -0.39 is 0 Å². The SMILES string of the molecule is CCC1CCOC1.CCc1cnc(Cl)s1.Cc1ccc(Cl)nc1. The van der Waals surface area contributed by atoms with Gasteiger partial charge in [-0.3, -0.25) is 0 Å². The van der Waals surface area contributed by atoms with Crippen LogP contribution in [-0.4, -0.2) is 23.2 Å². The van der Waals surface area contributed by atoms with E-state index >= 15 is 0 Å². The minimum Gasteiger partial charge on any atom is -0.381 e. The summed E-state index contributed by atoms with van der Waals surface area (Å²) in [6.07, 6.45) is 7.16. The maximum Gasteiger partial charge on any atom is 0.183 e. The molecule has 0 spiro atoms. The Kier molecular flexibility index (Phi) is 10.4. The third-order valence-corrected chi connectivity index (χ3v) is 4.83. The number of hydrogen-bond donors (Lipinski definition) is 0. The lowest BCUT2D eigenvalue weighted by Crippen LogP contribution is -1.94. The molecule has 2 aromatic rings. The van der Waals surface area contributed by atoms with E-state index in [1.807, 2.05) is 19.2 Å². The van der Waals surface area contributed by atoms with Gasteiger partial charge in [-0.2, -0.15) is 0 Å². The molecule has 0 saturated carbocycles. The van der Waals surface area contributed by atoms with E-state index in [9.17, 15) is 0 Å². The van der Waals surface area contributed by atoms with Crippen LogP contribution in [0.1, 0.15) is 37.1 Å². The van der Waals surface area contributed by atoms with Crippen LogP contribution in [0, 0.1) is 12.8 Å². The van der Waals surface area contributed by atoms with Gasteiger partial charge in [0.25, 0.3) is 0 Å². The van der Waals surface area contributed by atoms with E-state index in [-0.39, 0.29) is 0 Å². The molecule has 0 aromatic carbocycles. The average molecular weight is 375 g/mol. The number of pyridine rings is 1. The van der Waals surface area contributed by atoms with Crippen molar-refractivity contribution in [2.45, 2.75) is 40.0 Å². The first-order valence-electron chi connectivity index (χ1n) is 7.81. The highest BCUT2D eigenvalue weighted by molar-refractivity contribution is 7.15. The Morgan fingerprint density at radius 1 is 1.22 bits per heavy atom. The smallest absolute Gasteiger partial charge is 0.183 e. The summed E-state index contributed by atoms with van der Waals surface area (Å²) >= 11 is 12.6. The monoisotopic (exact) mass is 374 g/mol. The number of nitrogens with zero attached hydrogens (tertiary/aromatic N) is 2. The number of thiazole rings is 1. The molecule has 3 nitrogen and oxygen atoms in total. The van der Waals surface area contributed by atoms with Crippen molar-refractivity contribution in [3.05, 3.63) is 44.6 Å². The maximum absolute atomic E-state index is 5.55. The molecule has 23 heavy (non-hydrogen) atoms. The molecule has 1 unspecified atom stereocenters. The molecule has 3 heterocycles. The topological polar surface area (TPSA) is 35.0 Å². The van der Waals surface area contributed by atoms with Gasteiger partial charge in [0.2, 0.25) is 0 Å². The van der Waals surface area contributed by atoms with Crippen molar-refractivity contribution in [1.82, 2.24) is 9.97 Å². The number of rotatable bonds is 2. The standard InChI is InChI=1S/C6H6ClN.C6H12O.C5H6ClNS/c1-5-2-3-6(7)8-4-5;1-2-6-3-4-7-5-6;1-2-4-3-7-5(6)8-4/h2-4H,1H3;6H,2-5H2,1H3;3H,2H2,1H3. The van der Waals surface area contributed by atoms with Gasteiger partial charge in [-0.1, -0.05) is 49.5 Å². The zero-order valence-electron chi connectivity index (χ0n) is 13.9. The van der Waals surface area contributed by atoms with E-state index in [0.29, 0.717) is 9.62 Å². The molecule has 128 valence electrons. The van der Waals surface area contributed by atoms with Gasteiger partial charge in [0, 0.05) is 30.5 Å². The van der Waals surface area contributed by atoms with E-state index in [0.717, 1.165) is 31.1 Å². The predicted molar refractivity (Wildman–Crippen MR) is 99.7 cm³/mol. The van der Waals surface area contributed by atoms with Crippen LogP contribution in [0.4, 0.5) is 0 Å². The summed E-state index contributed by atoms with van der Waals surface area (Å²) in [5, 5.41) is 0.551. The van der Waals surface area contributed by atoms with E-state index in [1.165, 1.54) is 17.7 Å². The highest BCUT2D eigenvalue weighted by Crippen LogP contribution is 2.17. The van der Waals surface area contributed by atoms with E-state index in [2.05, 4.69) is 23.8 Å². The molecule has 1 aliphatic heterocycles. The minimum atomic E-state index is 0.551. The molecule has 1 aliphatic rings. The number of halogens is 2. The molecule has 0 aliphatic carbocycles. The van der Waals surface area contributed by atoms with Gasteiger partial charge < -0.3 is 4.74 Å². The normalized spacial score (nSPS) is 16.1. The van der Waals surface area contributed by atoms with Crippen molar-refractivity contribution < 1.29 is 4.74 Å². The molecule has 0 amide bonds. The molecule has 3 rings (SSSR count). The summed E-state index contributed by atoms with van der Waals surface area (Å²) in [5.74, 6) is 0.875. The molecule has 2 aromatic heterocycles. The van der Waals surface area contributed by atoms with Gasteiger partial charge in [0.15, 0.2) is 4.47 Å². The summed E-state index contributed by atoms with van der Waals surface area (Å²) in [7, 11) is 0. The maximum atomic E-state index is 5.55. The van der Waals surface area contributed by atoms with Crippen LogP contribution >= 0.6 is 34.5 Å². The highest BCUT2D eigenvalue weighted by Gasteiger charge is 2.11. The Labute approximate surface area is 153 Å². The van der Waals surface area contributed by atoms with Crippen LogP contribution in [0.15, 0.2) is 24.5 Å².